The molecule has 0 aliphatic rings. The molecule has 0 spiro atoms. The summed E-state index contributed by atoms with van der Waals surface area (Å²) in [6.45, 7) is 5.82. The molecule has 90 valence electrons. The van der Waals surface area contributed by atoms with E-state index >= 15 is 0 Å². The lowest BCUT2D eigenvalue weighted by molar-refractivity contribution is -0.141. The van der Waals surface area contributed by atoms with Gasteiger partial charge >= 0.3 is 5.97 Å². The summed E-state index contributed by atoms with van der Waals surface area (Å²) in [4.78, 5) is 11.5. The van der Waals surface area contributed by atoms with Gasteiger partial charge in [0.2, 0.25) is 0 Å². The van der Waals surface area contributed by atoms with Gasteiger partial charge < -0.3 is 10.1 Å². The molecule has 1 aromatic rings. The highest BCUT2D eigenvalue weighted by atomic mass is 16.5. The number of carbonyl (C=O) groups is 1. The number of carbonyl (C=O) groups excluding carboxylic acids is 1. The topological polar surface area (TPSA) is 56.2 Å². The van der Waals surface area contributed by atoms with Crippen LogP contribution in [-0.2, 0) is 16.6 Å². The maximum Gasteiger partial charge on any atom is 0.328 e. The van der Waals surface area contributed by atoms with Crippen LogP contribution in [0.25, 0.3) is 0 Å². The first-order valence-corrected chi connectivity index (χ1v) is 5.35. The maximum absolute atomic E-state index is 11.5. The summed E-state index contributed by atoms with van der Waals surface area (Å²) < 4.78 is 6.53. The van der Waals surface area contributed by atoms with E-state index in [0.717, 1.165) is 17.1 Å². The number of aryl methyl sites for hydroxylation is 2. The van der Waals surface area contributed by atoms with Crippen LogP contribution in [0.15, 0.2) is 0 Å². The van der Waals surface area contributed by atoms with Gasteiger partial charge in [-0.2, -0.15) is 5.10 Å². The van der Waals surface area contributed by atoms with Crippen LogP contribution in [0, 0.1) is 13.8 Å². The van der Waals surface area contributed by atoms with Gasteiger partial charge in [-0.25, -0.2) is 4.79 Å². The highest BCUT2D eigenvalue weighted by Crippen LogP contribution is 2.20. The van der Waals surface area contributed by atoms with Crippen LogP contribution in [0.4, 0.5) is 5.69 Å². The van der Waals surface area contributed by atoms with Gasteiger partial charge in [-0.1, -0.05) is 6.92 Å². The highest BCUT2D eigenvalue weighted by molar-refractivity contribution is 5.79. The van der Waals surface area contributed by atoms with Gasteiger partial charge in [-0.3, -0.25) is 4.68 Å². The standard InChI is InChI=1S/C11H19N3O2/c1-6-9(11(15)16-5)12-10-7(2)13-14(4)8(10)3/h9,12H,6H2,1-5H3. The van der Waals surface area contributed by atoms with E-state index in [1.165, 1.54) is 7.11 Å². The molecular weight excluding hydrogens is 206 g/mol. The summed E-state index contributed by atoms with van der Waals surface area (Å²) >= 11 is 0. The SMILES string of the molecule is CCC(Nc1c(C)nn(C)c1C)C(=O)OC. The number of rotatable bonds is 4. The Hall–Kier alpha value is -1.52. The molecule has 1 atom stereocenters. The van der Waals surface area contributed by atoms with Crippen LogP contribution in [0.3, 0.4) is 0 Å². The number of methoxy groups -OCH3 is 1. The molecule has 0 amide bonds. The van der Waals surface area contributed by atoms with Crippen molar-refractivity contribution >= 4 is 11.7 Å². The molecule has 16 heavy (non-hydrogen) atoms. The van der Waals surface area contributed by atoms with Crippen LogP contribution in [0.1, 0.15) is 24.7 Å². The number of nitrogens with zero attached hydrogens (tertiary/aromatic N) is 2. The van der Waals surface area contributed by atoms with E-state index in [1.807, 2.05) is 27.8 Å². The molecule has 1 unspecified atom stereocenters. The molecule has 5 heteroatoms. The van der Waals surface area contributed by atoms with E-state index in [1.54, 1.807) is 4.68 Å². The predicted molar refractivity (Wildman–Crippen MR) is 62.4 cm³/mol. The average Bonchev–Trinajstić information content (AvgIpc) is 2.50. The van der Waals surface area contributed by atoms with Crippen molar-refractivity contribution in [2.24, 2.45) is 7.05 Å². The first-order chi connectivity index (χ1) is 7.51. The zero-order valence-electron chi connectivity index (χ0n) is 10.5. The highest BCUT2D eigenvalue weighted by Gasteiger charge is 2.19. The van der Waals surface area contributed by atoms with Gasteiger partial charge in [0.25, 0.3) is 0 Å². The van der Waals surface area contributed by atoms with Gasteiger partial charge in [0.1, 0.15) is 6.04 Å². The van der Waals surface area contributed by atoms with Gasteiger partial charge in [0.05, 0.1) is 24.2 Å². The fourth-order valence-electron chi connectivity index (χ4n) is 1.63. The molecule has 0 radical (unpaired) electrons. The second-order valence-electron chi connectivity index (χ2n) is 3.80. The van der Waals surface area contributed by atoms with Crippen LogP contribution in [0.5, 0.6) is 0 Å². The molecule has 5 nitrogen and oxygen atoms in total. The van der Waals surface area contributed by atoms with Crippen molar-refractivity contribution in [3.8, 4) is 0 Å². The Labute approximate surface area is 95.8 Å². The lowest BCUT2D eigenvalue weighted by Crippen LogP contribution is -2.30. The predicted octanol–water partition coefficient (Wildman–Crippen LogP) is 1.40. The minimum absolute atomic E-state index is 0.245. The van der Waals surface area contributed by atoms with E-state index < -0.39 is 0 Å². The van der Waals surface area contributed by atoms with Crippen LogP contribution in [0.2, 0.25) is 0 Å². The quantitative estimate of drug-likeness (QED) is 0.787. The molecular formula is C11H19N3O2. The minimum atomic E-state index is -0.313. The Morgan fingerprint density at radius 3 is 2.56 bits per heavy atom. The van der Waals surface area contributed by atoms with E-state index in [9.17, 15) is 4.79 Å². The van der Waals surface area contributed by atoms with Crippen molar-refractivity contribution in [2.45, 2.75) is 33.2 Å². The summed E-state index contributed by atoms with van der Waals surface area (Å²) in [5.74, 6) is -0.245. The number of hydrogen-bond donors (Lipinski definition) is 1. The molecule has 1 N–H and O–H groups in total. The molecule has 1 rings (SSSR count). The van der Waals surface area contributed by atoms with Crippen molar-refractivity contribution in [3.63, 3.8) is 0 Å². The first kappa shape index (κ1) is 12.5. The third-order valence-corrected chi connectivity index (χ3v) is 2.72. The average molecular weight is 225 g/mol. The summed E-state index contributed by atoms with van der Waals surface area (Å²) in [5, 5.41) is 7.46. The third kappa shape index (κ3) is 2.35. The molecule has 0 fully saturated rings. The smallest absolute Gasteiger partial charge is 0.328 e. The molecule has 0 saturated carbocycles. The second-order valence-corrected chi connectivity index (χ2v) is 3.80. The van der Waals surface area contributed by atoms with Crippen molar-refractivity contribution in [1.82, 2.24) is 9.78 Å². The van der Waals surface area contributed by atoms with Crippen molar-refractivity contribution in [3.05, 3.63) is 11.4 Å². The number of anilines is 1. The summed E-state index contributed by atoms with van der Waals surface area (Å²) in [6.07, 6.45) is 0.681. The number of ether oxygens (including phenoxy) is 1. The van der Waals surface area contributed by atoms with Crippen LogP contribution >= 0.6 is 0 Å². The van der Waals surface area contributed by atoms with Crippen molar-refractivity contribution < 1.29 is 9.53 Å². The van der Waals surface area contributed by atoms with E-state index in [2.05, 4.69) is 10.4 Å². The van der Waals surface area contributed by atoms with Crippen molar-refractivity contribution in [2.75, 3.05) is 12.4 Å². The van der Waals surface area contributed by atoms with Gasteiger partial charge in [-0.15, -0.1) is 0 Å². The fourth-order valence-corrected chi connectivity index (χ4v) is 1.63. The summed E-state index contributed by atoms with van der Waals surface area (Å²) in [6, 6.07) is -0.313. The van der Waals surface area contributed by atoms with Crippen LogP contribution in [-0.4, -0.2) is 28.9 Å². The van der Waals surface area contributed by atoms with Gasteiger partial charge in [-0.05, 0) is 20.3 Å². The van der Waals surface area contributed by atoms with Crippen molar-refractivity contribution in [1.29, 1.82) is 0 Å². The monoisotopic (exact) mass is 225 g/mol. The van der Waals surface area contributed by atoms with E-state index in [0.29, 0.717) is 6.42 Å². The van der Waals surface area contributed by atoms with E-state index in [-0.39, 0.29) is 12.0 Å². The molecule has 0 aliphatic heterocycles. The van der Waals surface area contributed by atoms with E-state index in [4.69, 9.17) is 4.74 Å². The number of nitrogens with one attached hydrogen (secondary N) is 1. The largest absolute Gasteiger partial charge is 0.467 e. The van der Waals surface area contributed by atoms with Gasteiger partial charge in [0, 0.05) is 7.05 Å². The Bertz CT molecular complexity index is 385. The molecule has 1 heterocycles. The Morgan fingerprint density at radius 1 is 1.56 bits per heavy atom. The third-order valence-electron chi connectivity index (χ3n) is 2.72. The Morgan fingerprint density at radius 2 is 2.19 bits per heavy atom. The molecule has 1 aromatic heterocycles. The zero-order valence-corrected chi connectivity index (χ0v) is 10.5. The van der Waals surface area contributed by atoms with Gasteiger partial charge in [0.15, 0.2) is 0 Å². The lowest BCUT2D eigenvalue weighted by atomic mass is 10.2. The summed E-state index contributed by atoms with van der Waals surface area (Å²) in [7, 11) is 3.28. The van der Waals surface area contributed by atoms with Crippen LogP contribution < -0.4 is 5.32 Å². The normalized spacial score (nSPS) is 12.3. The molecule has 0 saturated heterocycles. The maximum atomic E-state index is 11.5. The Balaban J connectivity index is 2.90. The summed E-state index contributed by atoms with van der Waals surface area (Å²) in [5.41, 5.74) is 2.82. The molecule has 0 aliphatic carbocycles. The minimum Gasteiger partial charge on any atom is -0.467 e. The second kappa shape index (κ2) is 5.01. The Kier molecular flexibility index (Phi) is 3.93. The fraction of sp³-hybridized carbons (Fsp3) is 0.636. The lowest BCUT2D eigenvalue weighted by Gasteiger charge is -2.15. The number of hydrogen-bond acceptors (Lipinski definition) is 4. The first-order valence-electron chi connectivity index (χ1n) is 5.35. The molecule has 0 bridgehead atoms. The molecule has 0 aromatic carbocycles. The number of esters is 1. The number of aromatic nitrogens is 2. The zero-order chi connectivity index (χ0) is 12.3.